The number of carbonyl (C=O) groups is 2. The zero-order valence-electron chi connectivity index (χ0n) is 37.5. The second-order valence-electron chi connectivity index (χ2n) is 16.9. The number of aliphatic hydroxyl groups is 2. The Morgan fingerprint density at radius 1 is 0.500 bits per heavy atom. The van der Waals surface area contributed by atoms with E-state index in [2.05, 4.69) is 50.4 Å². The highest BCUT2D eigenvalue weighted by Crippen LogP contribution is 2.17. The van der Waals surface area contributed by atoms with Crippen molar-refractivity contribution in [2.75, 3.05) is 6.61 Å². The second kappa shape index (κ2) is 44.4. The molecule has 0 aliphatic rings. The van der Waals surface area contributed by atoms with E-state index in [0.717, 1.165) is 70.6 Å². The van der Waals surface area contributed by atoms with Crippen LogP contribution in [0.5, 0.6) is 0 Å². The van der Waals surface area contributed by atoms with Gasteiger partial charge in [0.25, 0.3) is 0 Å². The molecule has 0 radical (unpaired) electrons. The average molecular weight is 790 g/mol. The number of ether oxygens (including phenoxy) is 1. The van der Waals surface area contributed by atoms with E-state index in [-0.39, 0.29) is 24.9 Å². The minimum atomic E-state index is -0.789. The maximum Gasteiger partial charge on any atom is 0.306 e. The van der Waals surface area contributed by atoms with Gasteiger partial charge in [0, 0.05) is 6.42 Å². The van der Waals surface area contributed by atoms with Gasteiger partial charge in [-0.15, -0.1) is 0 Å². The highest BCUT2D eigenvalue weighted by Gasteiger charge is 2.24. The van der Waals surface area contributed by atoms with Crippen molar-refractivity contribution >= 4 is 11.9 Å². The van der Waals surface area contributed by atoms with Crippen molar-refractivity contribution < 1.29 is 24.5 Å². The number of nitrogens with one attached hydrogen (secondary N) is 1. The minimum absolute atomic E-state index is 0.0640. The first-order valence-electron chi connectivity index (χ1n) is 24.6. The molecular weight excluding hydrogens is 695 g/mol. The molecule has 1 amide bonds. The van der Waals surface area contributed by atoms with Crippen LogP contribution < -0.4 is 5.32 Å². The SMILES string of the molecule is CCCCC/C=C\CCCCCC(CC(=O)NC(CO)C(O)CCCCCCCCCCCCCCCC)OC(=O)CCCCC/C=C\CCCCCCCC. The van der Waals surface area contributed by atoms with Crippen LogP contribution in [0.25, 0.3) is 0 Å². The third-order valence-corrected chi connectivity index (χ3v) is 11.3. The van der Waals surface area contributed by atoms with E-state index in [1.807, 2.05) is 0 Å². The second-order valence-corrected chi connectivity index (χ2v) is 16.9. The first-order valence-corrected chi connectivity index (χ1v) is 24.6. The Balaban J connectivity index is 4.53. The van der Waals surface area contributed by atoms with E-state index in [0.29, 0.717) is 19.3 Å². The van der Waals surface area contributed by atoms with Crippen LogP contribution in [0.2, 0.25) is 0 Å². The molecule has 330 valence electrons. The Kier molecular flexibility index (Phi) is 43.1. The number of carbonyl (C=O) groups excluding carboxylic acids is 2. The van der Waals surface area contributed by atoms with Crippen LogP contribution in [0.15, 0.2) is 24.3 Å². The van der Waals surface area contributed by atoms with Gasteiger partial charge in [-0.3, -0.25) is 9.59 Å². The predicted molar refractivity (Wildman–Crippen MR) is 241 cm³/mol. The van der Waals surface area contributed by atoms with E-state index in [1.165, 1.54) is 141 Å². The molecule has 3 unspecified atom stereocenters. The van der Waals surface area contributed by atoms with Crippen LogP contribution in [-0.4, -0.2) is 46.9 Å². The zero-order valence-corrected chi connectivity index (χ0v) is 37.5. The van der Waals surface area contributed by atoms with Gasteiger partial charge in [0.05, 0.1) is 25.2 Å². The Bertz CT molecular complexity index is 889. The number of unbranched alkanes of at least 4 members (excludes halogenated alkanes) is 28. The standard InChI is InChI=1S/C50H95NO5/c1-4-7-10-13-16-19-22-24-26-27-30-33-36-39-42-48(53)47(45-52)51-49(54)44-46(41-38-35-32-29-21-18-15-12-9-6-3)56-50(55)43-40-37-34-31-28-25-23-20-17-14-11-8-5-2/h18,21,25,28,46-48,52-53H,4-17,19-20,22-24,26-27,29-45H2,1-3H3,(H,51,54)/b21-18-,28-25-. The fraction of sp³-hybridized carbons (Fsp3) is 0.880. The topological polar surface area (TPSA) is 95.9 Å². The summed E-state index contributed by atoms with van der Waals surface area (Å²) in [6.07, 6.45) is 49.5. The molecule has 0 bridgehead atoms. The molecule has 0 saturated carbocycles. The van der Waals surface area contributed by atoms with E-state index in [4.69, 9.17) is 4.74 Å². The van der Waals surface area contributed by atoms with Crippen molar-refractivity contribution in [3.8, 4) is 0 Å². The number of allylic oxidation sites excluding steroid dienone is 4. The number of aliphatic hydroxyl groups excluding tert-OH is 2. The molecule has 0 rings (SSSR count). The summed E-state index contributed by atoms with van der Waals surface area (Å²) < 4.78 is 5.89. The lowest BCUT2D eigenvalue weighted by Gasteiger charge is -2.24. The Labute approximate surface area is 348 Å². The highest BCUT2D eigenvalue weighted by molar-refractivity contribution is 5.77. The minimum Gasteiger partial charge on any atom is -0.462 e. The quantitative estimate of drug-likeness (QED) is 0.0324. The van der Waals surface area contributed by atoms with E-state index < -0.39 is 18.2 Å². The van der Waals surface area contributed by atoms with Gasteiger partial charge in [-0.25, -0.2) is 0 Å². The van der Waals surface area contributed by atoms with Crippen LogP contribution in [0.3, 0.4) is 0 Å². The van der Waals surface area contributed by atoms with Gasteiger partial charge in [0.1, 0.15) is 6.10 Å². The molecule has 0 heterocycles. The molecule has 0 saturated heterocycles. The third-order valence-electron chi connectivity index (χ3n) is 11.3. The Morgan fingerprint density at radius 3 is 1.32 bits per heavy atom. The van der Waals surface area contributed by atoms with Gasteiger partial charge in [0.2, 0.25) is 5.91 Å². The molecule has 0 spiro atoms. The Morgan fingerprint density at radius 2 is 0.857 bits per heavy atom. The zero-order chi connectivity index (χ0) is 41.0. The van der Waals surface area contributed by atoms with Gasteiger partial charge in [-0.1, -0.05) is 193 Å². The summed E-state index contributed by atoms with van der Waals surface area (Å²) in [6, 6.07) is -0.704. The molecule has 3 N–H and O–H groups in total. The van der Waals surface area contributed by atoms with E-state index in [1.54, 1.807) is 0 Å². The number of hydrogen-bond donors (Lipinski definition) is 3. The van der Waals surface area contributed by atoms with E-state index in [9.17, 15) is 19.8 Å². The van der Waals surface area contributed by atoms with Gasteiger partial charge < -0.3 is 20.3 Å². The lowest BCUT2D eigenvalue weighted by atomic mass is 10.0. The van der Waals surface area contributed by atoms with Gasteiger partial charge in [-0.05, 0) is 77.0 Å². The number of amides is 1. The summed E-state index contributed by atoms with van der Waals surface area (Å²) in [5, 5.41) is 23.7. The first kappa shape index (κ1) is 54.3. The molecule has 6 nitrogen and oxygen atoms in total. The molecule has 6 heteroatoms. The lowest BCUT2D eigenvalue weighted by Crippen LogP contribution is -2.46. The fourth-order valence-electron chi connectivity index (χ4n) is 7.48. The van der Waals surface area contributed by atoms with Crippen LogP contribution in [0, 0.1) is 0 Å². The van der Waals surface area contributed by atoms with Crippen molar-refractivity contribution in [2.24, 2.45) is 0 Å². The molecule has 0 aliphatic carbocycles. The van der Waals surface area contributed by atoms with Crippen LogP contribution in [0.1, 0.15) is 258 Å². The van der Waals surface area contributed by atoms with Crippen LogP contribution in [-0.2, 0) is 14.3 Å². The summed E-state index contributed by atoms with van der Waals surface area (Å²) >= 11 is 0. The average Bonchev–Trinajstić information content (AvgIpc) is 3.19. The number of rotatable bonds is 44. The molecule has 0 aromatic carbocycles. The third kappa shape index (κ3) is 39.2. The molecular formula is C50H95NO5. The molecule has 0 fully saturated rings. The molecule has 3 atom stereocenters. The molecule has 0 aromatic rings. The number of esters is 1. The summed E-state index contributed by atoms with van der Waals surface area (Å²) in [6.45, 7) is 6.44. The summed E-state index contributed by atoms with van der Waals surface area (Å²) in [5.74, 6) is -0.502. The molecule has 0 aromatic heterocycles. The van der Waals surface area contributed by atoms with Gasteiger partial charge >= 0.3 is 5.97 Å². The van der Waals surface area contributed by atoms with Crippen molar-refractivity contribution in [1.29, 1.82) is 0 Å². The first-order chi connectivity index (χ1) is 27.5. The largest absolute Gasteiger partial charge is 0.462 e. The predicted octanol–water partition coefficient (Wildman–Crippen LogP) is 14.3. The summed E-state index contributed by atoms with van der Waals surface area (Å²) in [4.78, 5) is 26.0. The lowest BCUT2D eigenvalue weighted by molar-refractivity contribution is -0.151. The summed E-state index contributed by atoms with van der Waals surface area (Å²) in [5.41, 5.74) is 0. The van der Waals surface area contributed by atoms with Crippen LogP contribution in [0.4, 0.5) is 0 Å². The number of hydrogen-bond acceptors (Lipinski definition) is 5. The van der Waals surface area contributed by atoms with Crippen LogP contribution >= 0.6 is 0 Å². The van der Waals surface area contributed by atoms with Crippen molar-refractivity contribution in [3.05, 3.63) is 24.3 Å². The maximum atomic E-state index is 13.1. The van der Waals surface area contributed by atoms with Crippen molar-refractivity contribution in [1.82, 2.24) is 5.32 Å². The summed E-state index contributed by atoms with van der Waals surface area (Å²) in [7, 11) is 0. The van der Waals surface area contributed by atoms with Crippen molar-refractivity contribution in [3.63, 3.8) is 0 Å². The van der Waals surface area contributed by atoms with Crippen molar-refractivity contribution in [2.45, 2.75) is 277 Å². The van der Waals surface area contributed by atoms with Gasteiger partial charge in [0.15, 0.2) is 0 Å². The molecule has 0 aliphatic heterocycles. The normalized spacial score (nSPS) is 13.4. The van der Waals surface area contributed by atoms with E-state index >= 15 is 0 Å². The maximum absolute atomic E-state index is 13.1. The Hall–Kier alpha value is -1.66. The fourth-order valence-corrected chi connectivity index (χ4v) is 7.48. The molecule has 56 heavy (non-hydrogen) atoms. The monoisotopic (exact) mass is 790 g/mol. The van der Waals surface area contributed by atoms with Gasteiger partial charge in [-0.2, -0.15) is 0 Å². The highest BCUT2D eigenvalue weighted by atomic mass is 16.5. The smallest absolute Gasteiger partial charge is 0.306 e.